The third-order valence-corrected chi connectivity index (χ3v) is 3.50. The number of aliphatic carboxylic acids is 1. The van der Waals surface area contributed by atoms with E-state index >= 15 is 0 Å². The maximum absolute atomic E-state index is 11.6. The van der Waals surface area contributed by atoms with Crippen molar-refractivity contribution in [3.05, 3.63) is 29.8 Å². The summed E-state index contributed by atoms with van der Waals surface area (Å²) in [7, 11) is -1.44. The minimum absolute atomic E-state index is 0.00345. The number of carbonyl (C=O) groups excluding carboxylic acids is 1. The molecule has 98 valence electrons. The first-order valence-corrected chi connectivity index (χ1v) is 6.90. The van der Waals surface area contributed by atoms with Crippen molar-refractivity contribution >= 4 is 28.4 Å². The lowest BCUT2D eigenvalue weighted by molar-refractivity contribution is -0.136. The summed E-state index contributed by atoms with van der Waals surface area (Å²) in [4.78, 5) is 21.9. The Hall–Kier alpha value is -1.69. The van der Waals surface area contributed by atoms with E-state index in [0.29, 0.717) is 5.69 Å². The Morgan fingerprint density at radius 2 is 2.00 bits per heavy atom. The van der Waals surface area contributed by atoms with Gasteiger partial charge in [-0.15, -0.1) is 0 Å². The van der Waals surface area contributed by atoms with E-state index in [4.69, 9.17) is 5.11 Å². The SMILES string of the molecule is Cc1ccccc1NC(=O)CS(=O)CCC(=O)O. The minimum Gasteiger partial charge on any atom is -0.481 e. The molecule has 0 aliphatic carbocycles. The molecule has 2 N–H and O–H groups in total. The summed E-state index contributed by atoms with van der Waals surface area (Å²) in [5, 5.41) is 11.1. The smallest absolute Gasteiger partial charge is 0.304 e. The highest BCUT2D eigenvalue weighted by Crippen LogP contribution is 2.12. The highest BCUT2D eigenvalue weighted by molar-refractivity contribution is 7.85. The van der Waals surface area contributed by atoms with Crippen molar-refractivity contribution in [3.63, 3.8) is 0 Å². The van der Waals surface area contributed by atoms with Crippen molar-refractivity contribution < 1.29 is 18.9 Å². The number of benzene rings is 1. The number of carboxylic acid groups (broad SMARTS) is 1. The van der Waals surface area contributed by atoms with Crippen LogP contribution in [0, 0.1) is 6.92 Å². The molecule has 0 heterocycles. The number of para-hydroxylation sites is 1. The third-order valence-electron chi connectivity index (χ3n) is 2.25. The Labute approximate surface area is 108 Å². The van der Waals surface area contributed by atoms with Gasteiger partial charge >= 0.3 is 5.97 Å². The van der Waals surface area contributed by atoms with E-state index in [2.05, 4.69) is 5.32 Å². The summed E-state index contributed by atoms with van der Waals surface area (Å²) in [6.45, 7) is 1.86. The predicted molar refractivity (Wildman–Crippen MR) is 69.9 cm³/mol. The van der Waals surface area contributed by atoms with Crippen LogP contribution in [-0.2, 0) is 20.4 Å². The number of carbonyl (C=O) groups is 2. The van der Waals surface area contributed by atoms with Crippen LogP contribution in [0.1, 0.15) is 12.0 Å². The lowest BCUT2D eigenvalue weighted by Crippen LogP contribution is -2.21. The molecule has 0 bridgehead atoms. The number of hydrogen-bond acceptors (Lipinski definition) is 3. The Morgan fingerprint density at radius 1 is 1.33 bits per heavy atom. The van der Waals surface area contributed by atoms with Crippen LogP contribution in [0.25, 0.3) is 0 Å². The van der Waals surface area contributed by atoms with Crippen molar-refractivity contribution in [2.75, 3.05) is 16.8 Å². The third kappa shape index (κ3) is 5.09. The van der Waals surface area contributed by atoms with Crippen LogP contribution in [0.15, 0.2) is 24.3 Å². The van der Waals surface area contributed by atoms with Crippen molar-refractivity contribution in [1.82, 2.24) is 0 Å². The lowest BCUT2D eigenvalue weighted by atomic mass is 10.2. The molecule has 1 aromatic carbocycles. The van der Waals surface area contributed by atoms with E-state index in [1.165, 1.54) is 0 Å². The molecule has 0 fully saturated rings. The molecule has 18 heavy (non-hydrogen) atoms. The molecule has 1 unspecified atom stereocenters. The normalized spacial score (nSPS) is 11.8. The highest BCUT2D eigenvalue weighted by atomic mass is 32.2. The van der Waals surface area contributed by atoms with Crippen LogP contribution in [0.3, 0.4) is 0 Å². The number of anilines is 1. The van der Waals surface area contributed by atoms with E-state index in [-0.39, 0.29) is 23.8 Å². The number of nitrogens with one attached hydrogen (secondary N) is 1. The van der Waals surface area contributed by atoms with Crippen LogP contribution in [0.5, 0.6) is 0 Å². The predicted octanol–water partition coefficient (Wildman–Crippen LogP) is 1.16. The Morgan fingerprint density at radius 3 is 2.61 bits per heavy atom. The van der Waals surface area contributed by atoms with Crippen LogP contribution in [-0.4, -0.2) is 32.7 Å². The number of hydrogen-bond donors (Lipinski definition) is 2. The second-order valence-corrected chi connectivity index (χ2v) is 5.37. The summed E-state index contributed by atoms with van der Waals surface area (Å²) >= 11 is 0. The van der Waals surface area contributed by atoms with Gasteiger partial charge in [-0.05, 0) is 18.6 Å². The van der Waals surface area contributed by atoms with Crippen LogP contribution < -0.4 is 5.32 Å². The molecule has 6 heteroatoms. The van der Waals surface area contributed by atoms with Crippen LogP contribution in [0.2, 0.25) is 0 Å². The Balaban J connectivity index is 2.45. The average molecular weight is 269 g/mol. The number of carboxylic acids is 1. The fourth-order valence-electron chi connectivity index (χ4n) is 1.32. The zero-order chi connectivity index (χ0) is 13.5. The molecule has 0 saturated carbocycles. The van der Waals surface area contributed by atoms with Gasteiger partial charge < -0.3 is 10.4 Å². The van der Waals surface area contributed by atoms with Crippen LogP contribution in [0.4, 0.5) is 5.69 Å². The molecular formula is C12H15NO4S. The molecule has 1 aromatic rings. The molecule has 1 rings (SSSR count). The molecule has 1 amide bonds. The molecule has 1 atom stereocenters. The molecule has 0 aliphatic heterocycles. The maximum atomic E-state index is 11.6. The van der Waals surface area contributed by atoms with Crippen LogP contribution >= 0.6 is 0 Å². The number of aryl methyl sites for hydroxylation is 1. The number of rotatable bonds is 6. The quantitative estimate of drug-likeness (QED) is 0.811. The highest BCUT2D eigenvalue weighted by Gasteiger charge is 2.10. The average Bonchev–Trinajstić information content (AvgIpc) is 2.29. The fourth-order valence-corrected chi connectivity index (χ4v) is 2.23. The molecule has 0 saturated heterocycles. The first-order chi connectivity index (χ1) is 8.49. The molecular weight excluding hydrogens is 254 g/mol. The molecule has 0 aliphatic rings. The van der Waals surface area contributed by atoms with Gasteiger partial charge in [0.05, 0.1) is 6.42 Å². The van der Waals surface area contributed by atoms with Crippen molar-refractivity contribution in [3.8, 4) is 0 Å². The first-order valence-electron chi connectivity index (χ1n) is 5.41. The monoisotopic (exact) mass is 269 g/mol. The topological polar surface area (TPSA) is 83.5 Å². The minimum atomic E-state index is -1.44. The van der Waals surface area contributed by atoms with Gasteiger partial charge in [0.15, 0.2) is 0 Å². The Kier molecular flexibility index (Phi) is 5.51. The second kappa shape index (κ2) is 6.90. The van der Waals surface area contributed by atoms with E-state index < -0.39 is 16.8 Å². The van der Waals surface area contributed by atoms with Gasteiger partial charge in [0, 0.05) is 22.2 Å². The van der Waals surface area contributed by atoms with E-state index in [9.17, 15) is 13.8 Å². The zero-order valence-corrected chi connectivity index (χ0v) is 10.8. The molecule has 0 radical (unpaired) electrons. The molecule has 0 aromatic heterocycles. The summed E-state index contributed by atoms with van der Waals surface area (Å²) in [6, 6.07) is 7.27. The van der Waals surface area contributed by atoms with E-state index in [1.54, 1.807) is 12.1 Å². The molecule has 5 nitrogen and oxygen atoms in total. The summed E-state index contributed by atoms with van der Waals surface area (Å²) < 4.78 is 11.4. The van der Waals surface area contributed by atoms with Gasteiger partial charge in [-0.25, -0.2) is 0 Å². The van der Waals surface area contributed by atoms with Gasteiger partial charge in [0.25, 0.3) is 0 Å². The molecule has 0 spiro atoms. The zero-order valence-electron chi connectivity index (χ0n) is 10.0. The van der Waals surface area contributed by atoms with Gasteiger partial charge in [0.1, 0.15) is 5.75 Å². The summed E-state index contributed by atoms with van der Waals surface area (Å²) in [6.07, 6.45) is -0.190. The Bertz CT molecular complexity index is 473. The van der Waals surface area contributed by atoms with Gasteiger partial charge in [-0.2, -0.15) is 0 Å². The van der Waals surface area contributed by atoms with Gasteiger partial charge in [0.2, 0.25) is 5.91 Å². The second-order valence-electron chi connectivity index (χ2n) is 3.80. The maximum Gasteiger partial charge on any atom is 0.304 e. The van der Waals surface area contributed by atoms with Gasteiger partial charge in [-0.3, -0.25) is 13.8 Å². The van der Waals surface area contributed by atoms with Crippen molar-refractivity contribution in [2.45, 2.75) is 13.3 Å². The number of amides is 1. The summed E-state index contributed by atoms with van der Waals surface area (Å²) in [5.41, 5.74) is 1.60. The van der Waals surface area contributed by atoms with E-state index in [0.717, 1.165) is 5.56 Å². The summed E-state index contributed by atoms with van der Waals surface area (Å²) in [5.74, 6) is -1.56. The largest absolute Gasteiger partial charge is 0.481 e. The van der Waals surface area contributed by atoms with Gasteiger partial charge in [-0.1, -0.05) is 18.2 Å². The van der Waals surface area contributed by atoms with Crippen molar-refractivity contribution in [2.24, 2.45) is 0 Å². The lowest BCUT2D eigenvalue weighted by Gasteiger charge is -2.07. The van der Waals surface area contributed by atoms with Crippen molar-refractivity contribution in [1.29, 1.82) is 0 Å². The standard InChI is InChI=1S/C12H15NO4S/c1-9-4-2-3-5-10(9)13-11(14)8-18(17)7-6-12(15)16/h2-5H,6-8H2,1H3,(H,13,14)(H,15,16). The first kappa shape index (κ1) is 14.4. The van der Waals surface area contributed by atoms with E-state index in [1.807, 2.05) is 19.1 Å². The fraction of sp³-hybridized carbons (Fsp3) is 0.333.